The van der Waals surface area contributed by atoms with Gasteiger partial charge in [0.25, 0.3) is 5.91 Å². The number of benzene rings is 2. The van der Waals surface area contributed by atoms with Crippen molar-refractivity contribution in [2.45, 2.75) is 44.1 Å². The Morgan fingerprint density at radius 3 is 2.44 bits per heavy atom. The molecule has 2 saturated heterocycles. The van der Waals surface area contributed by atoms with Crippen LogP contribution in [0, 0.1) is 5.41 Å². The molecular formula is C26H29NO5. The van der Waals surface area contributed by atoms with E-state index >= 15 is 0 Å². The number of aromatic carboxylic acids is 1. The number of piperidine rings is 1. The Hall–Kier alpha value is -2.86. The van der Waals surface area contributed by atoms with Crippen LogP contribution < -0.4 is 4.74 Å². The van der Waals surface area contributed by atoms with E-state index in [4.69, 9.17) is 9.47 Å². The van der Waals surface area contributed by atoms with Crippen molar-refractivity contribution in [3.8, 4) is 16.9 Å². The fourth-order valence-electron chi connectivity index (χ4n) is 5.48. The van der Waals surface area contributed by atoms with E-state index in [1.54, 1.807) is 12.1 Å². The number of nitrogens with zero attached hydrogens (tertiary/aromatic N) is 1. The van der Waals surface area contributed by atoms with Gasteiger partial charge in [0.1, 0.15) is 17.4 Å². The van der Waals surface area contributed by atoms with Crippen LogP contribution in [0.3, 0.4) is 0 Å². The summed E-state index contributed by atoms with van der Waals surface area (Å²) in [6.07, 6.45) is 4.92. The maximum Gasteiger partial charge on any atom is 0.339 e. The van der Waals surface area contributed by atoms with Gasteiger partial charge in [-0.3, -0.25) is 4.79 Å². The van der Waals surface area contributed by atoms with Crippen LogP contribution in [-0.4, -0.2) is 54.8 Å². The van der Waals surface area contributed by atoms with Gasteiger partial charge in [-0.2, -0.15) is 0 Å². The van der Waals surface area contributed by atoms with Crippen molar-refractivity contribution in [3.05, 3.63) is 53.6 Å². The Morgan fingerprint density at radius 2 is 1.81 bits per heavy atom. The van der Waals surface area contributed by atoms with Crippen LogP contribution in [0.5, 0.6) is 5.75 Å². The van der Waals surface area contributed by atoms with E-state index in [0.29, 0.717) is 23.7 Å². The molecule has 168 valence electrons. The molecule has 1 N–H and O–H groups in total. The zero-order chi connectivity index (χ0) is 22.3. The summed E-state index contributed by atoms with van der Waals surface area (Å²) < 4.78 is 10.7. The van der Waals surface area contributed by atoms with E-state index < -0.39 is 5.97 Å². The molecule has 1 aliphatic carbocycles. The SMILES string of the molecule is COc1ccc(-c2ccc([C@@H]3CC34CCN(C(=O)C3CCCO3)CC4)cc2)cc1C(=O)O. The molecule has 0 bridgehead atoms. The van der Waals surface area contributed by atoms with Crippen molar-refractivity contribution >= 4 is 11.9 Å². The molecule has 6 heteroatoms. The maximum absolute atomic E-state index is 12.6. The summed E-state index contributed by atoms with van der Waals surface area (Å²) in [4.78, 5) is 26.1. The highest BCUT2D eigenvalue weighted by molar-refractivity contribution is 5.92. The van der Waals surface area contributed by atoms with E-state index in [2.05, 4.69) is 24.3 Å². The molecule has 3 fully saturated rings. The Labute approximate surface area is 188 Å². The highest BCUT2D eigenvalue weighted by Gasteiger charge is 2.55. The van der Waals surface area contributed by atoms with Gasteiger partial charge in [0.2, 0.25) is 0 Å². The number of hydrogen-bond donors (Lipinski definition) is 1. The van der Waals surface area contributed by atoms with Gasteiger partial charge in [-0.25, -0.2) is 4.79 Å². The van der Waals surface area contributed by atoms with Crippen LogP contribution in [0.1, 0.15) is 53.9 Å². The smallest absolute Gasteiger partial charge is 0.339 e. The van der Waals surface area contributed by atoms with Crippen molar-refractivity contribution < 1.29 is 24.2 Å². The quantitative estimate of drug-likeness (QED) is 0.756. The number of ether oxygens (including phenoxy) is 2. The number of hydrogen-bond acceptors (Lipinski definition) is 4. The molecular weight excluding hydrogens is 406 g/mol. The summed E-state index contributed by atoms with van der Waals surface area (Å²) in [7, 11) is 1.48. The Bertz CT molecular complexity index is 1020. The third kappa shape index (κ3) is 3.77. The number of rotatable bonds is 5. The summed E-state index contributed by atoms with van der Waals surface area (Å²) in [6, 6.07) is 13.7. The summed E-state index contributed by atoms with van der Waals surface area (Å²) in [5.41, 5.74) is 3.68. The van der Waals surface area contributed by atoms with Gasteiger partial charge in [-0.1, -0.05) is 30.3 Å². The van der Waals surface area contributed by atoms with Crippen molar-refractivity contribution in [3.63, 3.8) is 0 Å². The first-order chi connectivity index (χ1) is 15.5. The van der Waals surface area contributed by atoms with E-state index in [0.717, 1.165) is 49.9 Å². The Kier molecular flexibility index (Phi) is 5.41. The van der Waals surface area contributed by atoms with E-state index in [9.17, 15) is 14.7 Å². The highest BCUT2D eigenvalue weighted by atomic mass is 16.5. The van der Waals surface area contributed by atoms with Gasteiger partial charge < -0.3 is 19.5 Å². The van der Waals surface area contributed by atoms with Gasteiger partial charge >= 0.3 is 5.97 Å². The number of likely N-dealkylation sites (tertiary alicyclic amines) is 1. The molecule has 2 aliphatic heterocycles. The fourth-order valence-corrected chi connectivity index (χ4v) is 5.48. The predicted octanol–water partition coefficient (Wildman–Crippen LogP) is 4.34. The minimum absolute atomic E-state index is 0.166. The third-order valence-electron chi connectivity index (χ3n) is 7.54. The molecule has 2 aromatic carbocycles. The normalized spacial score (nSPS) is 23.8. The van der Waals surface area contributed by atoms with Crippen LogP contribution in [-0.2, 0) is 9.53 Å². The molecule has 3 aliphatic rings. The van der Waals surface area contributed by atoms with Crippen LogP contribution in [0.25, 0.3) is 11.1 Å². The lowest BCUT2D eigenvalue weighted by Crippen LogP contribution is -2.44. The molecule has 2 aromatic rings. The second kappa shape index (κ2) is 8.24. The van der Waals surface area contributed by atoms with E-state index in [1.807, 2.05) is 11.0 Å². The lowest BCUT2D eigenvalue weighted by molar-refractivity contribution is -0.142. The topological polar surface area (TPSA) is 76.1 Å². The second-order valence-electron chi connectivity index (χ2n) is 9.29. The van der Waals surface area contributed by atoms with Crippen molar-refractivity contribution in [1.82, 2.24) is 4.90 Å². The molecule has 0 aromatic heterocycles. The predicted molar refractivity (Wildman–Crippen MR) is 120 cm³/mol. The third-order valence-corrected chi connectivity index (χ3v) is 7.54. The minimum Gasteiger partial charge on any atom is -0.496 e. The van der Waals surface area contributed by atoms with Gasteiger partial charge in [0, 0.05) is 19.7 Å². The molecule has 2 atom stereocenters. The van der Waals surface area contributed by atoms with Crippen LogP contribution >= 0.6 is 0 Å². The monoisotopic (exact) mass is 435 g/mol. The lowest BCUT2D eigenvalue weighted by Gasteiger charge is -2.34. The van der Waals surface area contributed by atoms with Gasteiger partial charge in [-0.05, 0) is 72.3 Å². The van der Waals surface area contributed by atoms with Crippen LogP contribution in [0.2, 0.25) is 0 Å². The Balaban J connectivity index is 1.24. The number of amides is 1. The zero-order valence-electron chi connectivity index (χ0n) is 18.4. The van der Waals surface area contributed by atoms with Crippen LogP contribution in [0.15, 0.2) is 42.5 Å². The van der Waals surface area contributed by atoms with Gasteiger partial charge in [0.05, 0.1) is 7.11 Å². The molecule has 1 spiro atoms. The average molecular weight is 436 g/mol. The van der Waals surface area contributed by atoms with Crippen LogP contribution in [0.4, 0.5) is 0 Å². The number of methoxy groups -OCH3 is 1. The largest absolute Gasteiger partial charge is 0.496 e. The maximum atomic E-state index is 12.6. The molecule has 5 rings (SSSR count). The summed E-state index contributed by atoms with van der Waals surface area (Å²) in [5.74, 6) is 0.0905. The molecule has 2 heterocycles. The molecule has 1 saturated carbocycles. The lowest BCUT2D eigenvalue weighted by atomic mass is 9.88. The van der Waals surface area contributed by atoms with E-state index in [-0.39, 0.29) is 17.6 Å². The fraction of sp³-hybridized carbons (Fsp3) is 0.462. The summed E-state index contributed by atoms with van der Waals surface area (Å²) >= 11 is 0. The standard InChI is InChI=1S/C26H29NO5/c1-31-22-9-8-19(15-20(22)25(29)30)17-4-6-18(7-5-17)21-16-26(21)10-12-27(13-11-26)24(28)23-3-2-14-32-23/h4-9,15,21,23H,2-3,10-14,16H2,1H3,(H,29,30)/t21-,23?/m0/s1. The minimum atomic E-state index is -0.996. The number of carbonyl (C=O) groups excluding carboxylic acids is 1. The molecule has 1 amide bonds. The number of carbonyl (C=O) groups is 2. The van der Waals surface area contributed by atoms with Gasteiger partial charge in [0.15, 0.2) is 0 Å². The van der Waals surface area contributed by atoms with Crippen molar-refractivity contribution in [2.75, 3.05) is 26.8 Å². The van der Waals surface area contributed by atoms with Crippen molar-refractivity contribution in [2.24, 2.45) is 5.41 Å². The summed E-state index contributed by atoms with van der Waals surface area (Å²) in [5, 5.41) is 9.44. The molecule has 32 heavy (non-hydrogen) atoms. The second-order valence-corrected chi connectivity index (χ2v) is 9.29. The first-order valence-electron chi connectivity index (χ1n) is 11.4. The summed E-state index contributed by atoms with van der Waals surface area (Å²) in [6.45, 7) is 2.37. The number of carboxylic acids is 1. The van der Waals surface area contributed by atoms with E-state index in [1.165, 1.54) is 19.1 Å². The first kappa shape index (κ1) is 21.0. The average Bonchev–Trinajstić information content (AvgIpc) is 3.24. The zero-order valence-corrected chi connectivity index (χ0v) is 18.4. The highest BCUT2D eigenvalue weighted by Crippen LogP contribution is 2.65. The number of carboxylic acid groups (broad SMARTS) is 1. The molecule has 1 unspecified atom stereocenters. The van der Waals surface area contributed by atoms with Crippen molar-refractivity contribution in [1.29, 1.82) is 0 Å². The first-order valence-corrected chi connectivity index (χ1v) is 11.4. The van der Waals surface area contributed by atoms with Gasteiger partial charge in [-0.15, -0.1) is 0 Å². The Morgan fingerprint density at radius 1 is 1.09 bits per heavy atom. The molecule has 0 radical (unpaired) electrons. The molecule has 6 nitrogen and oxygen atoms in total.